The minimum atomic E-state index is -0.133. The van der Waals surface area contributed by atoms with Crippen molar-refractivity contribution in [1.82, 2.24) is 0 Å². The van der Waals surface area contributed by atoms with Crippen LogP contribution in [0.3, 0.4) is 0 Å². The first-order chi connectivity index (χ1) is 22.8. The van der Waals surface area contributed by atoms with E-state index in [1.165, 1.54) is 77.8 Å². The van der Waals surface area contributed by atoms with Crippen molar-refractivity contribution in [3.05, 3.63) is 174 Å². The van der Waals surface area contributed by atoms with Crippen molar-refractivity contribution in [1.29, 1.82) is 0 Å². The molecular formula is C46H37N. The second-order valence-electron chi connectivity index (χ2n) is 14.2. The van der Waals surface area contributed by atoms with Gasteiger partial charge in [-0.3, -0.25) is 0 Å². The van der Waals surface area contributed by atoms with E-state index in [4.69, 9.17) is 0 Å². The summed E-state index contributed by atoms with van der Waals surface area (Å²) in [5, 5.41) is 2.59. The Morgan fingerprint density at radius 2 is 0.979 bits per heavy atom. The Hall–Kier alpha value is -5.40. The molecule has 0 heterocycles. The van der Waals surface area contributed by atoms with Gasteiger partial charge in [-0.05, 0) is 91.4 Å². The van der Waals surface area contributed by atoms with Crippen molar-refractivity contribution < 1.29 is 0 Å². The second kappa shape index (κ2) is 10.0. The van der Waals surface area contributed by atoms with Gasteiger partial charge in [-0.25, -0.2) is 0 Å². The van der Waals surface area contributed by atoms with Gasteiger partial charge >= 0.3 is 0 Å². The van der Waals surface area contributed by atoms with Crippen LogP contribution >= 0.6 is 0 Å². The van der Waals surface area contributed by atoms with Gasteiger partial charge in [-0.15, -0.1) is 0 Å². The smallest absolute Gasteiger partial charge is 0.0543 e. The minimum Gasteiger partial charge on any atom is -0.310 e. The Kier molecular flexibility index (Phi) is 5.96. The largest absolute Gasteiger partial charge is 0.310 e. The van der Waals surface area contributed by atoms with E-state index in [1.54, 1.807) is 0 Å². The first kappa shape index (κ1) is 27.9. The fourth-order valence-electron chi connectivity index (χ4n) is 8.51. The zero-order chi connectivity index (χ0) is 31.9. The Balaban J connectivity index is 1.30. The maximum atomic E-state index is 2.50. The molecule has 0 N–H and O–H groups in total. The molecule has 0 bridgehead atoms. The number of anilines is 3. The van der Waals surface area contributed by atoms with E-state index < -0.39 is 0 Å². The average molecular weight is 604 g/mol. The van der Waals surface area contributed by atoms with Crippen LogP contribution in [-0.2, 0) is 10.8 Å². The molecule has 0 radical (unpaired) electrons. The van der Waals surface area contributed by atoms with Gasteiger partial charge in [-0.1, -0.05) is 149 Å². The van der Waals surface area contributed by atoms with Crippen LogP contribution in [0, 0.1) is 0 Å². The summed E-state index contributed by atoms with van der Waals surface area (Å²) in [4.78, 5) is 2.50. The molecule has 0 aliphatic heterocycles. The minimum absolute atomic E-state index is 0.0889. The fourth-order valence-corrected chi connectivity index (χ4v) is 8.51. The predicted molar refractivity (Wildman–Crippen MR) is 199 cm³/mol. The summed E-state index contributed by atoms with van der Waals surface area (Å²) in [6.45, 7) is 9.51. The molecule has 0 saturated carbocycles. The summed E-state index contributed by atoms with van der Waals surface area (Å²) in [7, 11) is 0. The third-order valence-electron chi connectivity index (χ3n) is 10.8. The van der Waals surface area contributed by atoms with Crippen molar-refractivity contribution in [2.24, 2.45) is 0 Å². The summed E-state index contributed by atoms with van der Waals surface area (Å²) < 4.78 is 0. The molecule has 0 saturated heterocycles. The Morgan fingerprint density at radius 3 is 1.72 bits per heavy atom. The molecule has 7 aromatic carbocycles. The van der Waals surface area contributed by atoms with Crippen LogP contribution in [0.2, 0.25) is 0 Å². The van der Waals surface area contributed by atoms with Crippen LogP contribution in [0.25, 0.3) is 44.2 Å². The monoisotopic (exact) mass is 603 g/mol. The summed E-state index contributed by atoms with van der Waals surface area (Å²) in [6, 6.07) is 56.2. The van der Waals surface area contributed by atoms with Crippen molar-refractivity contribution >= 4 is 27.8 Å². The fraction of sp³-hybridized carbons (Fsp3) is 0.130. The zero-order valence-corrected chi connectivity index (χ0v) is 27.4. The van der Waals surface area contributed by atoms with E-state index in [-0.39, 0.29) is 10.8 Å². The lowest BCUT2D eigenvalue weighted by atomic mass is 9.79. The lowest BCUT2D eigenvalue weighted by Crippen LogP contribution is -2.18. The maximum Gasteiger partial charge on any atom is 0.0543 e. The van der Waals surface area contributed by atoms with E-state index >= 15 is 0 Å². The first-order valence-electron chi connectivity index (χ1n) is 16.7. The molecule has 0 fully saturated rings. The number of rotatable bonds is 4. The molecule has 1 heteroatoms. The number of fused-ring (bicyclic) bond motifs is 8. The van der Waals surface area contributed by atoms with Crippen LogP contribution in [-0.4, -0.2) is 0 Å². The summed E-state index contributed by atoms with van der Waals surface area (Å²) >= 11 is 0. The van der Waals surface area contributed by atoms with Gasteiger partial charge in [0.2, 0.25) is 0 Å². The molecule has 7 aromatic rings. The van der Waals surface area contributed by atoms with Crippen LogP contribution in [0.1, 0.15) is 49.9 Å². The van der Waals surface area contributed by atoms with Gasteiger partial charge in [0.05, 0.1) is 5.69 Å². The average Bonchev–Trinajstić information content (AvgIpc) is 3.49. The molecule has 0 atom stereocenters. The van der Waals surface area contributed by atoms with Crippen LogP contribution < -0.4 is 4.90 Å². The van der Waals surface area contributed by atoms with Crippen molar-refractivity contribution in [2.75, 3.05) is 4.90 Å². The molecular weight excluding hydrogens is 567 g/mol. The highest BCUT2D eigenvalue weighted by Crippen LogP contribution is 2.55. The van der Waals surface area contributed by atoms with Crippen LogP contribution in [0.4, 0.5) is 17.1 Å². The molecule has 0 unspecified atom stereocenters. The van der Waals surface area contributed by atoms with Gasteiger partial charge in [0, 0.05) is 27.6 Å². The Bertz CT molecular complexity index is 2340. The highest BCUT2D eigenvalue weighted by molar-refractivity contribution is 6.07. The lowest BCUT2D eigenvalue weighted by molar-refractivity contribution is 0.660. The molecule has 1 nitrogen and oxygen atoms in total. The van der Waals surface area contributed by atoms with E-state index in [1.807, 2.05) is 0 Å². The topological polar surface area (TPSA) is 3.24 Å². The van der Waals surface area contributed by atoms with E-state index in [2.05, 4.69) is 184 Å². The van der Waals surface area contributed by atoms with E-state index in [0.717, 1.165) is 5.69 Å². The highest BCUT2D eigenvalue weighted by Gasteiger charge is 2.39. The number of hydrogen-bond donors (Lipinski definition) is 0. The van der Waals surface area contributed by atoms with E-state index in [0.29, 0.717) is 0 Å². The zero-order valence-electron chi connectivity index (χ0n) is 27.4. The van der Waals surface area contributed by atoms with Gasteiger partial charge in [0.25, 0.3) is 0 Å². The molecule has 2 aliphatic carbocycles. The third kappa shape index (κ3) is 4.02. The molecule has 226 valence electrons. The summed E-state index contributed by atoms with van der Waals surface area (Å²) in [6.07, 6.45) is 0. The second-order valence-corrected chi connectivity index (χ2v) is 14.2. The van der Waals surface area contributed by atoms with Crippen molar-refractivity contribution in [2.45, 2.75) is 38.5 Å². The molecule has 0 amide bonds. The van der Waals surface area contributed by atoms with Crippen molar-refractivity contribution in [3.63, 3.8) is 0 Å². The van der Waals surface area contributed by atoms with Gasteiger partial charge < -0.3 is 4.90 Å². The Morgan fingerprint density at radius 1 is 0.404 bits per heavy atom. The predicted octanol–water partition coefficient (Wildman–Crippen LogP) is 12.6. The summed E-state index contributed by atoms with van der Waals surface area (Å²) in [5.74, 6) is 0. The van der Waals surface area contributed by atoms with Crippen molar-refractivity contribution in [3.8, 4) is 33.4 Å². The third-order valence-corrected chi connectivity index (χ3v) is 10.8. The summed E-state index contributed by atoms with van der Waals surface area (Å²) in [5.41, 5.74) is 16.7. The van der Waals surface area contributed by atoms with Crippen LogP contribution in [0.15, 0.2) is 152 Å². The standard InChI is InChI=1S/C46H37N/c1-45(2)39-18-10-8-16-35(39)37-28-26-34(29-41(37)45)47(33-24-21-31(22-25-33)30-13-6-5-7-14-30)42-20-12-15-32-23-27-38-36-17-9-11-19-40(36)46(3,4)44(38)43(32)42/h5-29H,1-4H3. The lowest BCUT2D eigenvalue weighted by Gasteiger charge is -2.31. The SMILES string of the molecule is CC1(C)c2ccccc2-c2ccc(N(c3ccc(-c4ccccc4)cc3)c3cccc4ccc5c(c34)C(C)(C)c3ccccc3-5)cc21. The van der Waals surface area contributed by atoms with Gasteiger partial charge in [0.1, 0.15) is 0 Å². The molecule has 2 aliphatic rings. The maximum absolute atomic E-state index is 2.50. The molecule has 0 spiro atoms. The number of hydrogen-bond acceptors (Lipinski definition) is 1. The molecule has 0 aromatic heterocycles. The molecule has 47 heavy (non-hydrogen) atoms. The quantitative estimate of drug-likeness (QED) is 0.193. The number of nitrogens with zero attached hydrogens (tertiary/aromatic N) is 1. The van der Waals surface area contributed by atoms with Gasteiger partial charge in [-0.2, -0.15) is 0 Å². The normalized spacial score (nSPS) is 14.7. The Labute approximate surface area is 277 Å². The van der Waals surface area contributed by atoms with Crippen LogP contribution in [0.5, 0.6) is 0 Å². The molecule has 9 rings (SSSR count). The highest BCUT2D eigenvalue weighted by atomic mass is 15.1. The number of benzene rings is 7. The van der Waals surface area contributed by atoms with E-state index in [9.17, 15) is 0 Å². The van der Waals surface area contributed by atoms with Gasteiger partial charge in [0.15, 0.2) is 0 Å². The first-order valence-corrected chi connectivity index (χ1v) is 16.7.